The minimum atomic E-state index is -0.560. The van der Waals surface area contributed by atoms with Gasteiger partial charge in [-0.2, -0.15) is 0 Å². The summed E-state index contributed by atoms with van der Waals surface area (Å²) in [6, 6.07) is 0. The molecule has 7 fully saturated rings. The number of aliphatic hydroxyl groups is 1. The molecule has 7 aliphatic rings. The van der Waals surface area contributed by atoms with Gasteiger partial charge in [0.15, 0.2) is 0 Å². The number of morpholine rings is 1. The predicted molar refractivity (Wildman–Crippen MR) is 178 cm³/mol. The van der Waals surface area contributed by atoms with Gasteiger partial charge in [0.05, 0.1) is 31.5 Å². The maximum absolute atomic E-state index is 13.2. The Morgan fingerprint density at radius 3 is 2.28 bits per heavy atom. The first-order valence-corrected chi connectivity index (χ1v) is 18.8. The zero-order valence-electron chi connectivity index (χ0n) is 30.5. The van der Waals surface area contributed by atoms with Crippen molar-refractivity contribution in [2.24, 2.45) is 56.7 Å². The van der Waals surface area contributed by atoms with Crippen molar-refractivity contribution in [1.29, 1.82) is 0 Å². The van der Waals surface area contributed by atoms with Crippen molar-refractivity contribution < 1.29 is 33.6 Å². The van der Waals surface area contributed by atoms with Gasteiger partial charge in [-0.1, -0.05) is 48.5 Å². The molecule has 9 nitrogen and oxygen atoms in total. The summed E-state index contributed by atoms with van der Waals surface area (Å²) in [5, 5.41) is 12.6. The third-order valence-electron chi connectivity index (χ3n) is 15.9. The number of carbonyl (C=O) groups excluding carboxylic acids is 2. The van der Waals surface area contributed by atoms with E-state index in [1.54, 1.807) is 14.1 Å². The van der Waals surface area contributed by atoms with Gasteiger partial charge < -0.3 is 33.9 Å². The summed E-state index contributed by atoms with van der Waals surface area (Å²) in [6.45, 7) is 18.5. The Balaban J connectivity index is 1.13. The third-order valence-corrected chi connectivity index (χ3v) is 15.9. The van der Waals surface area contributed by atoms with Crippen molar-refractivity contribution in [3.05, 3.63) is 0 Å². The summed E-state index contributed by atoms with van der Waals surface area (Å²) in [5.41, 5.74) is 0.119. The van der Waals surface area contributed by atoms with Crippen LogP contribution in [0.4, 0.5) is 9.59 Å². The Morgan fingerprint density at radius 2 is 1.62 bits per heavy atom. The Labute approximate surface area is 282 Å². The highest BCUT2D eigenvalue weighted by atomic mass is 16.6. The fourth-order valence-electron chi connectivity index (χ4n) is 13.5. The topological polar surface area (TPSA) is 97.8 Å². The molecule has 2 amide bonds. The second kappa shape index (κ2) is 11.2. The van der Waals surface area contributed by atoms with E-state index in [4.69, 9.17) is 18.9 Å². The van der Waals surface area contributed by atoms with Crippen molar-refractivity contribution >= 4 is 12.2 Å². The van der Waals surface area contributed by atoms with Gasteiger partial charge in [-0.25, -0.2) is 9.59 Å². The number of hydrogen-bond donors (Lipinski definition) is 1. The molecule has 2 heterocycles. The number of fused-ring (bicyclic) bond motifs is 4. The average molecular weight is 659 g/mol. The standard InChI is InChI=1S/C38H62N2O7/c1-22(2)29(47-32(42)39(8)9)24-20-23(3)28-30(45-24)31(41)36(7)26-11-10-25-34(4,5)27(46-33(43)40-16-18-44-19-17-40)12-13-37(25)21-38(26,37)15-14-35(28,36)6/h22-31,41H,10-21H2,1-9H3/t23-,24-,25+,26+,27+,28+,29-,30+,31+,35-,36-,37-,38+/m1/s1. The second-order valence-electron chi connectivity index (χ2n) is 18.5. The first-order chi connectivity index (χ1) is 22.0. The monoisotopic (exact) mass is 658 g/mol. The molecule has 0 bridgehead atoms. The summed E-state index contributed by atoms with van der Waals surface area (Å²) >= 11 is 0. The van der Waals surface area contributed by atoms with Crippen molar-refractivity contribution in [2.75, 3.05) is 40.4 Å². The lowest BCUT2D eigenvalue weighted by Crippen LogP contribution is -2.60. The first kappa shape index (κ1) is 33.9. The summed E-state index contributed by atoms with van der Waals surface area (Å²) in [6.07, 6.45) is 6.67. The highest BCUT2D eigenvalue weighted by molar-refractivity contribution is 5.68. The summed E-state index contributed by atoms with van der Waals surface area (Å²) in [5.74, 6) is 1.68. The van der Waals surface area contributed by atoms with Crippen LogP contribution in [-0.2, 0) is 18.9 Å². The molecule has 13 atom stereocenters. The molecule has 47 heavy (non-hydrogen) atoms. The zero-order valence-corrected chi connectivity index (χ0v) is 30.5. The fraction of sp³-hybridized carbons (Fsp3) is 0.947. The second-order valence-corrected chi connectivity index (χ2v) is 18.5. The van der Waals surface area contributed by atoms with E-state index in [1.807, 2.05) is 4.90 Å². The normalized spacial score (nSPS) is 48.6. The lowest BCUT2D eigenvalue weighted by molar-refractivity contribution is -0.185. The maximum atomic E-state index is 13.2. The Hall–Kier alpha value is -1.58. The lowest BCUT2D eigenvalue weighted by Gasteiger charge is -2.63. The molecule has 1 N–H and O–H groups in total. The Bertz CT molecular complexity index is 1250. The Kier molecular flexibility index (Phi) is 8.09. The van der Waals surface area contributed by atoms with E-state index in [9.17, 15) is 14.7 Å². The van der Waals surface area contributed by atoms with Crippen molar-refractivity contribution in [1.82, 2.24) is 9.80 Å². The number of ether oxygens (including phenoxy) is 4. The molecule has 0 aromatic heterocycles. The molecule has 0 aromatic rings. The van der Waals surface area contributed by atoms with Crippen LogP contribution in [-0.4, -0.2) is 98.0 Å². The molecule has 7 rings (SSSR count). The van der Waals surface area contributed by atoms with Gasteiger partial charge in [-0.05, 0) is 97.2 Å². The smallest absolute Gasteiger partial charge is 0.410 e. The number of aliphatic hydroxyl groups excluding tert-OH is 1. The molecule has 5 aliphatic carbocycles. The third kappa shape index (κ3) is 4.56. The molecule has 5 saturated carbocycles. The summed E-state index contributed by atoms with van der Waals surface area (Å²) in [4.78, 5) is 29.1. The van der Waals surface area contributed by atoms with E-state index in [-0.39, 0.29) is 75.5 Å². The minimum absolute atomic E-state index is 0.0257. The van der Waals surface area contributed by atoms with Gasteiger partial charge in [-0.3, -0.25) is 0 Å². The summed E-state index contributed by atoms with van der Waals surface area (Å²) in [7, 11) is 3.43. The Morgan fingerprint density at radius 1 is 0.957 bits per heavy atom. The fourth-order valence-corrected chi connectivity index (χ4v) is 13.5. The van der Waals surface area contributed by atoms with E-state index in [2.05, 4.69) is 48.5 Å². The quantitative estimate of drug-likeness (QED) is 0.376. The molecule has 2 aliphatic heterocycles. The number of amides is 2. The van der Waals surface area contributed by atoms with E-state index in [0.29, 0.717) is 44.1 Å². The SMILES string of the molecule is CC(C)[C@@H](OC(=O)N(C)C)[C@H]1C[C@@H](C)[C@H]2[C@H](O1)[C@H](O)[C@@]1(C)[C@@H]3CC[C@H]4C(C)(C)[C@@H](OC(=O)N5CCOCC5)CC[C@@]45C[C@@]35CC[C@]21C. The number of hydrogen-bond acceptors (Lipinski definition) is 7. The van der Waals surface area contributed by atoms with Crippen LogP contribution in [0.1, 0.15) is 99.8 Å². The van der Waals surface area contributed by atoms with E-state index in [0.717, 1.165) is 38.5 Å². The highest BCUT2D eigenvalue weighted by Crippen LogP contribution is 2.89. The van der Waals surface area contributed by atoms with Crippen LogP contribution < -0.4 is 0 Å². The van der Waals surface area contributed by atoms with Crippen molar-refractivity contribution in [3.63, 3.8) is 0 Å². The predicted octanol–water partition coefficient (Wildman–Crippen LogP) is 6.36. The van der Waals surface area contributed by atoms with Crippen LogP contribution in [0, 0.1) is 56.7 Å². The van der Waals surface area contributed by atoms with Crippen LogP contribution in [0.5, 0.6) is 0 Å². The first-order valence-electron chi connectivity index (χ1n) is 18.8. The van der Waals surface area contributed by atoms with Crippen molar-refractivity contribution in [3.8, 4) is 0 Å². The largest absolute Gasteiger partial charge is 0.446 e. The van der Waals surface area contributed by atoms with Crippen LogP contribution in [0.15, 0.2) is 0 Å². The van der Waals surface area contributed by atoms with Gasteiger partial charge in [0.2, 0.25) is 0 Å². The van der Waals surface area contributed by atoms with Gasteiger partial charge >= 0.3 is 12.2 Å². The van der Waals surface area contributed by atoms with Gasteiger partial charge in [0.25, 0.3) is 0 Å². The van der Waals surface area contributed by atoms with Crippen LogP contribution in [0.2, 0.25) is 0 Å². The number of rotatable bonds is 4. The molecule has 9 heteroatoms. The molecule has 2 spiro atoms. The van der Waals surface area contributed by atoms with Gasteiger partial charge in [0, 0.05) is 38.0 Å². The van der Waals surface area contributed by atoms with Crippen LogP contribution in [0.25, 0.3) is 0 Å². The summed E-state index contributed by atoms with van der Waals surface area (Å²) < 4.78 is 24.8. The van der Waals surface area contributed by atoms with E-state index in [1.165, 1.54) is 17.7 Å². The van der Waals surface area contributed by atoms with Gasteiger partial charge in [0.1, 0.15) is 12.2 Å². The van der Waals surface area contributed by atoms with E-state index >= 15 is 0 Å². The van der Waals surface area contributed by atoms with Gasteiger partial charge in [-0.15, -0.1) is 0 Å². The maximum Gasteiger partial charge on any atom is 0.410 e. The van der Waals surface area contributed by atoms with Crippen LogP contribution in [0.3, 0.4) is 0 Å². The molecular weight excluding hydrogens is 596 g/mol. The molecule has 0 unspecified atom stereocenters. The minimum Gasteiger partial charge on any atom is -0.446 e. The molecule has 0 aromatic carbocycles. The average Bonchev–Trinajstić information content (AvgIpc) is 3.65. The number of nitrogens with zero attached hydrogens (tertiary/aromatic N) is 2. The zero-order chi connectivity index (χ0) is 33.9. The van der Waals surface area contributed by atoms with E-state index < -0.39 is 6.10 Å². The molecular formula is C38H62N2O7. The lowest BCUT2D eigenvalue weighted by atomic mass is 9.41. The molecule has 266 valence electrons. The molecule has 2 saturated heterocycles. The highest BCUT2D eigenvalue weighted by Gasteiger charge is 2.84. The number of carbonyl (C=O) groups is 2. The van der Waals surface area contributed by atoms with Crippen molar-refractivity contribution in [2.45, 2.75) is 130 Å². The molecule has 0 radical (unpaired) electrons. The van der Waals surface area contributed by atoms with Crippen LogP contribution >= 0.6 is 0 Å².